The summed E-state index contributed by atoms with van der Waals surface area (Å²) in [5, 5.41) is 6.99. The van der Waals surface area contributed by atoms with E-state index in [2.05, 4.69) is 34.7 Å². The first-order chi connectivity index (χ1) is 13.1. The van der Waals surface area contributed by atoms with Gasteiger partial charge >= 0.3 is 6.03 Å². The molecule has 6 nitrogen and oxygen atoms in total. The van der Waals surface area contributed by atoms with Gasteiger partial charge < -0.3 is 25.1 Å². The topological polar surface area (TPSA) is 75.4 Å². The second kappa shape index (κ2) is 8.49. The van der Waals surface area contributed by atoms with Crippen LogP contribution in [0.5, 0.6) is 11.5 Å². The number of hydrogen-bond acceptors (Lipinski definition) is 3. The molecule has 0 atom stereocenters. The largest absolute Gasteiger partial charge is 0.493 e. The highest BCUT2D eigenvalue weighted by molar-refractivity contribution is 5.84. The number of carbonyl (C=O) groups excluding carboxylic acids is 1. The number of urea groups is 1. The molecule has 0 fully saturated rings. The van der Waals surface area contributed by atoms with Crippen molar-refractivity contribution in [3.05, 3.63) is 59.3 Å². The molecule has 0 radical (unpaired) electrons. The van der Waals surface area contributed by atoms with Gasteiger partial charge in [0.1, 0.15) is 0 Å². The van der Waals surface area contributed by atoms with Crippen molar-refractivity contribution >= 4 is 16.9 Å². The Balaban J connectivity index is 1.51. The molecular formula is C21H25N3O3. The fraction of sp³-hybridized carbons (Fsp3) is 0.286. The highest BCUT2D eigenvalue weighted by atomic mass is 16.5. The lowest BCUT2D eigenvalue weighted by Gasteiger charge is -2.11. The number of nitrogens with one attached hydrogen (secondary N) is 3. The molecule has 0 aliphatic heterocycles. The zero-order valence-electron chi connectivity index (χ0n) is 15.9. The van der Waals surface area contributed by atoms with Crippen molar-refractivity contribution < 1.29 is 14.3 Å². The monoisotopic (exact) mass is 367 g/mol. The first-order valence-electron chi connectivity index (χ1n) is 8.91. The van der Waals surface area contributed by atoms with Crippen LogP contribution in [0.2, 0.25) is 0 Å². The van der Waals surface area contributed by atoms with Crippen LogP contribution >= 0.6 is 0 Å². The van der Waals surface area contributed by atoms with Crippen molar-refractivity contribution in [1.29, 1.82) is 0 Å². The van der Waals surface area contributed by atoms with Crippen molar-refractivity contribution in [2.24, 2.45) is 0 Å². The van der Waals surface area contributed by atoms with Crippen molar-refractivity contribution in [2.75, 3.05) is 20.8 Å². The minimum Gasteiger partial charge on any atom is -0.493 e. The number of rotatable bonds is 7. The molecule has 0 aliphatic carbocycles. The Bertz CT molecular complexity index is 934. The van der Waals surface area contributed by atoms with Crippen LogP contribution in [0.4, 0.5) is 4.79 Å². The number of H-pyrrole nitrogens is 1. The molecule has 2 aromatic carbocycles. The summed E-state index contributed by atoms with van der Waals surface area (Å²) in [5.41, 5.74) is 4.45. The summed E-state index contributed by atoms with van der Waals surface area (Å²) in [6.45, 7) is 3.05. The third-order valence-corrected chi connectivity index (χ3v) is 4.59. The summed E-state index contributed by atoms with van der Waals surface area (Å²) in [7, 11) is 3.19. The van der Waals surface area contributed by atoms with Crippen LogP contribution < -0.4 is 20.1 Å². The van der Waals surface area contributed by atoms with Gasteiger partial charge in [0.25, 0.3) is 0 Å². The fourth-order valence-corrected chi connectivity index (χ4v) is 3.19. The Hall–Kier alpha value is -3.15. The number of methoxy groups -OCH3 is 2. The number of ether oxygens (including phenoxy) is 2. The first kappa shape index (κ1) is 18.6. The van der Waals surface area contributed by atoms with E-state index in [1.807, 2.05) is 30.3 Å². The number of aryl methyl sites for hydroxylation is 1. The van der Waals surface area contributed by atoms with E-state index >= 15 is 0 Å². The molecular weight excluding hydrogens is 342 g/mol. The minimum absolute atomic E-state index is 0.192. The summed E-state index contributed by atoms with van der Waals surface area (Å²) in [6, 6.07) is 13.6. The smallest absolute Gasteiger partial charge is 0.315 e. The highest BCUT2D eigenvalue weighted by Crippen LogP contribution is 2.27. The van der Waals surface area contributed by atoms with Crippen LogP contribution in [0.25, 0.3) is 10.9 Å². The van der Waals surface area contributed by atoms with E-state index in [1.165, 1.54) is 10.9 Å². The number of carbonyl (C=O) groups is 1. The molecule has 27 heavy (non-hydrogen) atoms. The van der Waals surface area contributed by atoms with Crippen LogP contribution in [0.1, 0.15) is 16.8 Å². The van der Waals surface area contributed by atoms with E-state index in [1.54, 1.807) is 14.2 Å². The van der Waals surface area contributed by atoms with Crippen LogP contribution in [-0.2, 0) is 13.0 Å². The van der Waals surface area contributed by atoms with Gasteiger partial charge in [-0.15, -0.1) is 0 Å². The summed E-state index contributed by atoms with van der Waals surface area (Å²) in [4.78, 5) is 15.5. The van der Waals surface area contributed by atoms with Crippen molar-refractivity contribution in [3.63, 3.8) is 0 Å². The summed E-state index contributed by atoms with van der Waals surface area (Å²) in [6.07, 6.45) is 0.777. The quantitative estimate of drug-likeness (QED) is 0.598. The van der Waals surface area contributed by atoms with E-state index in [0.717, 1.165) is 23.2 Å². The van der Waals surface area contributed by atoms with Gasteiger partial charge in [-0.1, -0.05) is 24.3 Å². The maximum Gasteiger partial charge on any atom is 0.315 e. The number of benzene rings is 2. The minimum atomic E-state index is -0.192. The second-order valence-corrected chi connectivity index (χ2v) is 6.32. The number of fused-ring (bicyclic) bond motifs is 1. The van der Waals surface area contributed by atoms with Gasteiger partial charge in [-0.3, -0.25) is 0 Å². The molecule has 3 aromatic rings. The number of amides is 2. The van der Waals surface area contributed by atoms with Crippen LogP contribution in [0.15, 0.2) is 42.5 Å². The number of aromatic amines is 1. The lowest BCUT2D eigenvalue weighted by Crippen LogP contribution is -2.36. The van der Waals surface area contributed by atoms with E-state index < -0.39 is 0 Å². The third-order valence-electron chi connectivity index (χ3n) is 4.59. The highest BCUT2D eigenvalue weighted by Gasteiger charge is 2.09. The van der Waals surface area contributed by atoms with Gasteiger partial charge in [-0.25, -0.2) is 4.79 Å². The summed E-state index contributed by atoms with van der Waals surface area (Å²) in [5.74, 6) is 1.31. The molecule has 142 valence electrons. The van der Waals surface area contributed by atoms with Crippen LogP contribution in [0, 0.1) is 6.92 Å². The Morgan fingerprint density at radius 3 is 2.59 bits per heavy atom. The molecule has 6 heteroatoms. The lowest BCUT2D eigenvalue weighted by molar-refractivity contribution is 0.240. The van der Waals surface area contributed by atoms with E-state index in [4.69, 9.17) is 9.47 Å². The van der Waals surface area contributed by atoms with E-state index in [-0.39, 0.29) is 6.03 Å². The molecule has 0 bridgehead atoms. The molecule has 0 aliphatic rings. The zero-order valence-corrected chi connectivity index (χ0v) is 15.9. The van der Waals surface area contributed by atoms with Crippen molar-refractivity contribution in [3.8, 4) is 11.5 Å². The van der Waals surface area contributed by atoms with Gasteiger partial charge in [0.05, 0.1) is 14.2 Å². The molecule has 0 spiro atoms. The second-order valence-electron chi connectivity index (χ2n) is 6.32. The molecule has 3 rings (SSSR count). The van der Waals surface area contributed by atoms with E-state index in [0.29, 0.717) is 24.6 Å². The molecule has 0 saturated heterocycles. The molecule has 3 N–H and O–H groups in total. The third kappa shape index (κ3) is 4.34. The zero-order chi connectivity index (χ0) is 19.2. The average molecular weight is 367 g/mol. The predicted molar refractivity (Wildman–Crippen MR) is 107 cm³/mol. The Kier molecular flexibility index (Phi) is 5.86. The maximum atomic E-state index is 12.1. The fourth-order valence-electron chi connectivity index (χ4n) is 3.19. The van der Waals surface area contributed by atoms with Gasteiger partial charge in [0.15, 0.2) is 11.5 Å². The predicted octanol–water partition coefficient (Wildman–Crippen LogP) is 3.54. The standard InChI is InChI=1S/C21H25N3O3/c1-14-16(17-6-4-5-7-18(17)24-14)10-11-22-21(25)23-13-15-8-9-19(26-2)20(12-15)27-3/h4-9,12,24H,10-11,13H2,1-3H3,(H2,22,23,25). The molecule has 1 heterocycles. The van der Waals surface area contributed by atoms with Crippen molar-refractivity contribution in [1.82, 2.24) is 15.6 Å². The average Bonchev–Trinajstić information content (AvgIpc) is 3.01. The van der Waals surface area contributed by atoms with Crippen LogP contribution in [0.3, 0.4) is 0 Å². The first-order valence-corrected chi connectivity index (χ1v) is 8.91. The van der Waals surface area contributed by atoms with E-state index in [9.17, 15) is 4.79 Å². The van der Waals surface area contributed by atoms with Gasteiger partial charge in [0.2, 0.25) is 0 Å². The Labute approximate surface area is 158 Å². The Morgan fingerprint density at radius 2 is 1.81 bits per heavy atom. The molecule has 0 saturated carbocycles. The molecule has 2 amide bonds. The maximum absolute atomic E-state index is 12.1. The van der Waals surface area contributed by atoms with Gasteiger partial charge in [-0.05, 0) is 42.7 Å². The summed E-state index contributed by atoms with van der Waals surface area (Å²) >= 11 is 0. The Morgan fingerprint density at radius 1 is 1.04 bits per heavy atom. The lowest BCUT2D eigenvalue weighted by atomic mass is 10.1. The molecule has 1 aromatic heterocycles. The van der Waals surface area contributed by atoms with Crippen LogP contribution in [-0.4, -0.2) is 31.8 Å². The number of aromatic nitrogens is 1. The van der Waals surface area contributed by atoms with Crippen molar-refractivity contribution in [2.45, 2.75) is 19.9 Å². The summed E-state index contributed by atoms with van der Waals surface area (Å²) < 4.78 is 10.5. The number of hydrogen-bond donors (Lipinski definition) is 3. The molecule has 0 unspecified atom stereocenters. The normalized spacial score (nSPS) is 10.6. The van der Waals surface area contributed by atoms with Gasteiger partial charge in [-0.2, -0.15) is 0 Å². The SMILES string of the molecule is COc1ccc(CNC(=O)NCCc2c(C)[nH]c3ccccc23)cc1OC. The van der Waals surface area contributed by atoms with Gasteiger partial charge in [0, 0.05) is 29.7 Å². The number of para-hydroxylation sites is 1.